The van der Waals surface area contributed by atoms with Crippen LogP contribution >= 0.6 is 22.9 Å². The molecule has 2 aromatic rings. The van der Waals surface area contributed by atoms with Crippen LogP contribution < -0.4 is 0 Å². The molecule has 0 spiro atoms. The Hall–Kier alpha value is -1.44. The van der Waals surface area contributed by atoms with Gasteiger partial charge in [-0.25, -0.2) is 0 Å². The molecule has 2 rings (SSSR count). The quantitative estimate of drug-likeness (QED) is 0.767. The van der Waals surface area contributed by atoms with Crippen LogP contribution in [-0.4, -0.2) is 10.2 Å². The maximum Gasteiger partial charge on any atom is 0.147 e. The van der Waals surface area contributed by atoms with E-state index in [1.165, 1.54) is 11.3 Å². The van der Waals surface area contributed by atoms with Crippen LogP contribution in [0.2, 0.25) is 0 Å². The first-order valence-electron chi connectivity index (χ1n) is 4.68. The average molecular weight is 250 g/mol. The fourth-order valence-electron chi connectivity index (χ4n) is 1.20. The highest BCUT2D eigenvalue weighted by atomic mass is 35.5. The summed E-state index contributed by atoms with van der Waals surface area (Å²) < 4.78 is 0. The molecule has 0 radical (unpaired) electrons. The number of hydrogen-bond donors (Lipinski definition) is 0. The van der Waals surface area contributed by atoms with Crippen molar-refractivity contribution in [3.8, 4) is 16.6 Å². The predicted molar refractivity (Wildman–Crippen MR) is 64.3 cm³/mol. The van der Waals surface area contributed by atoms with E-state index in [0.29, 0.717) is 5.56 Å². The van der Waals surface area contributed by atoms with E-state index in [2.05, 4.69) is 16.3 Å². The van der Waals surface area contributed by atoms with Gasteiger partial charge >= 0.3 is 0 Å². The third kappa shape index (κ3) is 2.21. The lowest BCUT2D eigenvalue weighted by Gasteiger charge is -1.94. The second-order valence-corrected chi connectivity index (χ2v) is 4.91. The van der Waals surface area contributed by atoms with Gasteiger partial charge in [-0.05, 0) is 19.1 Å². The zero-order valence-electron chi connectivity index (χ0n) is 8.51. The molecule has 1 unspecified atom stereocenters. The first-order valence-corrected chi connectivity index (χ1v) is 5.94. The Morgan fingerprint density at radius 3 is 2.50 bits per heavy atom. The van der Waals surface area contributed by atoms with Crippen molar-refractivity contribution < 1.29 is 0 Å². The third-order valence-corrected chi connectivity index (χ3v) is 3.53. The molecule has 16 heavy (non-hydrogen) atoms. The second kappa shape index (κ2) is 4.60. The maximum atomic E-state index is 8.68. The van der Waals surface area contributed by atoms with Gasteiger partial charge in [-0.15, -0.1) is 21.8 Å². The summed E-state index contributed by atoms with van der Waals surface area (Å²) >= 11 is 7.39. The largest absolute Gasteiger partial charge is 0.192 e. The predicted octanol–water partition coefficient (Wildman–Crippen LogP) is 3.38. The molecule has 0 N–H and O–H groups in total. The minimum absolute atomic E-state index is 0.121. The summed E-state index contributed by atoms with van der Waals surface area (Å²) in [4.78, 5) is 0. The monoisotopic (exact) mass is 249 g/mol. The molecule has 0 aliphatic rings. The number of hydrogen-bond acceptors (Lipinski definition) is 4. The summed E-state index contributed by atoms with van der Waals surface area (Å²) in [5, 5.41) is 18.3. The van der Waals surface area contributed by atoms with Gasteiger partial charge in [-0.1, -0.05) is 23.5 Å². The highest BCUT2D eigenvalue weighted by molar-refractivity contribution is 7.15. The van der Waals surface area contributed by atoms with Crippen molar-refractivity contribution in [1.82, 2.24) is 10.2 Å². The number of alkyl halides is 1. The maximum absolute atomic E-state index is 8.68. The van der Waals surface area contributed by atoms with Crippen LogP contribution in [0.1, 0.15) is 22.9 Å². The molecule has 0 saturated heterocycles. The molecule has 0 bridgehead atoms. The number of nitriles is 1. The minimum atomic E-state index is -0.121. The van der Waals surface area contributed by atoms with E-state index in [4.69, 9.17) is 16.9 Å². The van der Waals surface area contributed by atoms with Gasteiger partial charge in [0.1, 0.15) is 10.0 Å². The molecule has 0 amide bonds. The van der Waals surface area contributed by atoms with Crippen LogP contribution in [0.25, 0.3) is 10.6 Å². The fourth-order valence-corrected chi connectivity index (χ4v) is 2.15. The molecule has 0 aliphatic carbocycles. The summed E-state index contributed by atoms with van der Waals surface area (Å²) in [6.07, 6.45) is 0. The third-order valence-electron chi connectivity index (χ3n) is 2.04. The van der Waals surface area contributed by atoms with Gasteiger partial charge in [0.25, 0.3) is 0 Å². The van der Waals surface area contributed by atoms with Crippen molar-refractivity contribution in [3.05, 3.63) is 34.8 Å². The van der Waals surface area contributed by atoms with E-state index in [0.717, 1.165) is 15.6 Å². The minimum Gasteiger partial charge on any atom is -0.192 e. The molecule has 1 heterocycles. The summed E-state index contributed by atoms with van der Waals surface area (Å²) in [6, 6.07) is 9.33. The number of aromatic nitrogens is 2. The summed E-state index contributed by atoms with van der Waals surface area (Å²) in [7, 11) is 0. The van der Waals surface area contributed by atoms with E-state index >= 15 is 0 Å². The van der Waals surface area contributed by atoms with Gasteiger partial charge in [0.05, 0.1) is 17.0 Å². The second-order valence-electron chi connectivity index (χ2n) is 3.25. The van der Waals surface area contributed by atoms with Gasteiger partial charge in [-0.3, -0.25) is 0 Å². The van der Waals surface area contributed by atoms with Crippen LogP contribution in [0.5, 0.6) is 0 Å². The smallest absolute Gasteiger partial charge is 0.147 e. The Morgan fingerprint density at radius 1 is 1.31 bits per heavy atom. The molecule has 1 atom stereocenters. The first kappa shape index (κ1) is 11.1. The molecule has 1 aromatic heterocycles. The highest BCUT2D eigenvalue weighted by Crippen LogP contribution is 2.29. The molecule has 5 heteroatoms. The van der Waals surface area contributed by atoms with Gasteiger partial charge in [0, 0.05) is 5.56 Å². The van der Waals surface area contributed by atoms with Crippen molar-refractivity contribution >= 4 is 22.9 Å². The van der Waals surface area contributed by atoms with E-state index in [-0.39, 0.29) is 5.38 Å². The van der Waals surface area contributed by atoms with Crippen molar-refractivity contribution in [2.24, 2.45) is 0 Å². The molecule has 3 nitrogen and oxygen atoms in total. The summed E-state index contributed by atoms with van der Waals surface area (Å²) in [5.41, 5.74) is 1.60. The SMILES string of the molecule is CC(Cl)c1nnc(-c2ccc(C#N)cc2)s1. The molecular formula is C11H8ClN3S. The molecule has 80 valence electrons. The van der Waals surface area contributed by atoms with E-state index in [1.807, 2.05) is 19.1 Å². The summed E-state index contributed by atoms with van der Waals surface area (Å²) in [6.45, 7) is 1.87. The van der Waals surface area contributed by atoms with Crippen LogP contribution in [-0.2, 0) is 0 Å². The van der Waals surface area contributed by atoms with Crippen molar-refractivity contribution in [2.45, 2.75) is 12.3 Å². The number of rotatable bonds is 2. The molecule has 0 fully saturated rings. The average Bonchev–Trinajstić information content (AvgIpc) is 2.78. The first-order chi connectivity index (χ1) is 7.70. The van der Waals surface area contributed by atoms with Crippen LogP contribution in [0, 0.1) is 11.3 Å². The van der Waals surface area contributed by atoms with Crippen LogP contribution in [0.4, 0.5) is 0 Å². The van der Waals surface area contributed by atoms with Gasteiger partial charge < -0.3 is 0 Å². The number of benzene rings is 1. The Kier molecular flexibility index (Phi) is 3.18. The van der Waals surface area contributed by atoms with Gasteiger partial charge in [-0.2, -0.15) is 5.26 Å². The van der Waals surface area contributed by atoms with E-state index in [1.54, 1.807) is 12.1 Å². The lowest BCUT2D eigenvalue weighted by atomic mass is 10.2. The van der Waals surface area contributed by atoms with Crippen molar-refractivity contribution in [1.29, 1.82) is 5.26 Å². The Labute approximate surface area is 102 Å². The lowest BCUT2D eigenvalue weighted by Crippen LogP contribution is -1.81. The van der Waals surface area contributed by atoms with E-state index < -0.39 is 0 Å². The standard InChI is InChI=1S/C11H8ClN3S/c1-7(12)10-14-15-11(16-10)9-4-2-8(6-13)3-5-9/h2-5,7H,1H3. The zero-order valence-corrected chi connectivity index (χ0v) is 10.1. The Balaban J connectivity index is 2.32. The van der Waals surface area contributed by atoms with E-state index in [9.17, 15) is 0 Å². The van der Waals surface area contributed by atoms with Crippen LogP contribution in [0.15, 0.2) is 24.3 Å². The van der Waals surface area contributed by atoms with Crippen molar-refractivity contribution in [3.63, 3.8) is 0 Å². The molecule has 0 aliphatic heterocycles. The van der Waals surface area contributed by atoms with Gasteiger partial charge in [0.2, 0.25) is 0 Å². The molecular weight excluding hydrogens is 242 g/mol. The highest BCUT2D eigenvalue weighted by Gasteiger charge is 2.10. The van der Waals surface area contributed by atoms with Crippen LogP contribution in [0.3, 0.4) is 0 Å². The number of nitrogens with zero attached hydrogens (tertiary/aromatic N) is 3. The molecule has 1 aromatic carbocycles. The Bertz CT molecular complexity index is 525. The Morgan fingerprint density at radius 2 is 2.00 bits per heavy atom. The lowest BCUT2D eigenvalue weighted by molar-refractivity contribution is 0.962. The summed E-state index contributed by atoms with van der Waals surface area (Å²) in [5.74, 6) is 0. The topological polar surface area (TPSA) is 49.6 Å². The normalized spacial score (nSPS) is 12.1. The fraction of sp³-hybridized carbons (Fsp3) is 0.182. The zero-order chi connectivity index (χ0) is 11.5. The van der Waals surface area contributed by atoms with Gasteiger partial charge in [0.15, 0.2) is 0 Å². The number of halogens is 1. The molecule has 0 saturated carbocycles. The van der Waals surface area contributed by atoms with Crippen molar-refractivity contribution in [2.75, 3.05) is 0 Å².